The average Bonchev–Trinajstić information content (AvgIpc) is 2.19. The molecule has 4 nitrogen and oxygen atoms in total. The van der Waals surface area contributed by atoms with Gasteiger partial charge in [0.25, 0.3) is 0 Å². The number of benzene rings is 1. The number of rotatable bonds is 5. The van der Waals surface area contributed by atoms with E-state index in [4.69, 9.17) is 21.8 Å². The first kappa shape index (κ1) is 12.5. The molecule has 5 heteroatoms. The van der Waals surface area contributed by atoms with Gasteiger partial charge in [-0.2, -0.15) is 0 Å². The maximum absolute atomic E-state index is 10.8. The van der Waals surface area contributed by atoms with E-state index in [0.717, 1.165) is 0 Å². The van der Waals surface area contributed by atoms with Gasteiger partial charge in [0.1, 0.15) is 0 Å². The Morgan fingerprint density at radius 1 is 1.25 bits per heavy atom. The summed E-state index contributed by atoms with van der Waals surface area (Å²) < 4.78 is 0. The van der Waals surface area contributed by atoms with Crippen LogP contribution in [-0.2, 0) is 16.0 Å². The molecule has 0 aliphatic carbocycles. The fourth-order valence-electron chi connectivity index (χ4n) is 1.39. The van der Waals surface area contributed by atoms with Crippen molar-refractivity contribution < 1.29 is 19.8 Å². The van der Waals surface area contributed by atoms with Crippen molar-refractivity contribution in [2.24, 2.45) is 5.92 Å². The molecule has 0 bridgehead atoms. The molecule has 0 heterocycles. The molecular weight excluding hydrogens is 232 g/mol. The molecule has 0 amide bonds. The Morgan fingerprint density at radius 2 is 1.88 bits per heavy atom. The Balaban J connectivity index is 2.80. The van der Waals surface area contributed by atoms with Crippen molar-refractivity contribution in [1.29, 1.82) is 0 Å². The number of carboxylic acids is 2. The molecule has 16 heavy (non-hydrogen) atoms. The van der Waals surface area contributed by atoms with Gasteiger partial charge in [-0.1, -0.05) is 29.8 Å². The Morgan fingerprint density at radius 3 is 2.38 bits per heavy atom. The van der Waals surface area contributed by atoms with E-state index in [1.54, 1.807) is 24.3 Å². The summed E-state index contributed by atoms with van der Waals surface area (Å²) in [6, 6.07) is 6.82. The summed E-state index contributed by atoms with van der Waals surface area (Å²) in [7, 11) is 0. The third-order valence-corrected chi connectivity index (χ3v) is 2.56. The monoisotopic (exact) mass is 242 g/mol. The lowest BCUT2D eigenvalue weighted by Gasteiger charge is -2.10. The van der Waals surface area contributed by atoms with Gasteiger partial charge < -0.3 is 10.2 Å². The normalized spacial score (nSPS) is 12.1. The molecule has 0 spiro atoms. The standard InChI is InChI=1S/C11H11ClO4/c12-9-4-2-1-3-7(9)5-8(11(15)16)6-10(13)14/h1-4,8H,5-6H2,(H,13,14)(H,15,16)/t8-/m1/s1. The van der Waals surface area contributed by atoms with E-state index in [1.807, 2.05) is 0 Å². The van der Waals surface area contributed by atoms with Crippen LogP contribution in [-0.4, -0.2) is 22.2 Å². The Kier molecular flexibility index (Phi) is 4.31. The van der Waals surface area contributed by atoms with Crippen LogP contribution in [0.15, 0.2) is 24.3 Å². The van der Waals surface area contributed by atoms with E-state index in [-0.39, 0.29) is 6.42 Å². The first-order chi connectivity index (χ1) is 7.50. The van der Waals surface area contributed by atoms with E-state index in [0.29, 0.717) is 10.6 Å². The van der Waals surface area contributed by atoms with Gasteiger partial charge >= 0.3 is 11.9 Å². The zero-order chi connectivity index (χ0) is 12.1. The molecule has 0 aromatic heterocycles. The first-order valence-corrected chi connectivity index (χ1v) is 5.06. The summed E-state index contributed by atoms with van der Waals surface area (Å²) >= 11 is 5.87. The largest absolute Gasteiger partial charge is 0.481 e. The average molecular weight is 243 g/mol. The minimum atomic E-state index is -1.13. The third kappa shape index (κ3) is 3.55. The highest BCUT2D eigenvalue weighted by Gasteiger charge is 2.22. The molecule has 1 aromatic rings. The van der Waals surface area contributed by atoms with Gasteiger partial charge in [-0.05, 0) is 18.1 Å². The van der Waals surface area contributed by atoms with Crippen molar-refractivity contribution in [3.8, 4) is 0 Å². The molecule has 1 aromatic carbocycles. The highest BCUT2D eigenvalue weighted by Crippen LogP contribution is 2.20. The van der Waals surface area contributed by atoms with Gasteiger partial charge in [-0.3, -0.25) is 9.59 Å². The first-order valence-electron chi connectivity index (χ1n) is 4.68. The molecule has 86 valence electrons. The number of aliphatic carboxylic acids is 2. The van der Waals surface area contributed by atoms with Crippen LogP contribution in [0.1, 0.15) is 12.0 Å². The lowest BCUT2D eigenvalue weighted by molar-refractivity contribution is -0.148. The summed E-state index contributed by atoms with van der Waals surface area (Å²) in [6.07, 6.45) is -0.276. The van der Waals surface area contributed by atoms with Gasteiger partial charge in [0.15, 0.2) is 0 Å². The maximum Gasteiger partial charge on any atom is 0.307 e. The summed E-state index contributed by atoms with van der Waals surface area (Å²) in [6.45, 7) is 0. The van der Waals surface area contributed by atoms with E-state index in [2.05, 4.69) is 0 Å². The van der Waals surface area contributed by atoms with Crippen LogP contribution in [0.25, 0.3) is 0 Å². The third-order valence-electron chi connectivity index (χ3n) is 2.19. The van der Waals surface area contributed by atoms with E-state index in [9.17, 15) is 9.59 Å². The minimum absolute atomic E-state index is 0.126. The second-order valence-corrected chi connectivity index (χ2v) is 3.84. The Bertz CT molecular complexity index is 403. The van der Waals surface area contributed by atoms with Crippen LogP contribution in [0.4, 0.5) is 0 Å². The summed E-state index contributed by atoms with van der Waals surface area (Å²) in [5.74, 6) is -3.20. The second-order valence-electron chi connectivity index (χ2n) is 3.43. The fraction of sp³-hybridized carbons (Fsp3) is 0.273. The van der Waals surface area contributed by atoms with Crippen molar-refractivity contribution in [3.63, 3.8) is 0 Å². The molecule has 0 saturated heterocycles. The summed E-state index contributed by atoms with van der Waals surface area (Å²) in [5.41, 5.74) is 0.651. The molecule has 0 unspecified atom stereocenters. The van der Waals surface area contributed by atoms with Crippen LogP contribution in [0.3, 0.4) is 0 Å². The van der Waals surface area contributed by atoms with Gasteiger partial charge in [0.2, 0.25) is 0 Å². The zero-order valence-electron chi connectivity index (χ0n) is 8.39. The lowest BCUT2D eigenvalue weighted by Crippen LogP contribution is -2.20. The van der Waals surface area contributed by atoms with Gasteiger partial charge in [0, 0.05) is 5.02 Å². The van der Waals surface area contributed by atoms with Crippen molar-refractivity contribution in [1.82, 2.24) is 0 Å². The predicted octanol–water partition coefficient (Wildman–Crippen LogP) is 2.06. The van der Waals surface area contributed by atoms with Gasteiger partial charge in [-0.25, -0.2) is 0 Å². The highest BCUT2D eigenvalue weighted by atomic mass is 35.5. The summed E-state index contributed by atoms with van der Waals surface area (Å²) in [5, 5.41) is 17.9. The van der Waals surface area contributed by atoms with E-state index < -0.39 is 24.3 Å². The van der Waals surface area contributed by atoms with Crippen molar-refractivity contribution in [3.05, 3.63) is 34.9 Å². The quantitative estimate of drug-likeness (QED) is 0.829. The van der Waals surface area contributed by atoms with Crippen LogP contribution in [0.5, 0.6) is 0 Å². The number of hydrogen-bond acceptors (Lipinski definition) is 2. The molecule has 0 saturated carbocycles. The topological polar surface area (TPSA) is 74.6 Å². The number of carbonyl (C=O) groups is 2. The van der Waals surface area contributed by atoms with Crippen LogP contribution in [0.2, 0.25) is 5.02 Å². The highest BCUT2D eigenvalue weighted by molar-refractivity contribution is 6.31. The van der Waals surface area contributed by atoms with E-state index in [1.165, 1.54) is 0 Å². The van der Waals surface area contributed by atoms with Gasteiger partial charge in [0.05, 0.1) is 12.3 Å². The SMILES string of the molecule is O=C(O)C[C@@H](Cc1ccccc1Cl)C(=O)O. The second kappa shape index (κ2) is 5.51. The number of hydrogen-bond donors (Lipinski definition) is 2. The molecule has 2 N–H and O–H groups in total. The van der Waals surface area contributed by atoms with Crippen molar-refractivity contribution in [2.45, 2.75) is 12.8 Å². The van der Waals surface area contributed by atoms with Crippen LogP contribution < -0.4 is 0 Å². The Labute approximate surface area is 97.5 Å². The van der Waals surface area contributed by atoms with Crippen molar-refractivity contribution >= 4 is 23.5 Å². The Hall–Kier alpha value is -1.55. The minimum Gasteiger partial charge on any atom is -0.481 e. The number of carboxylic acid groups (broad SMARTS) is 2. The summed E-state index contributed by atoms with van der Waals surface area (Å²) in [4.78, 5) is 21.3. The van der Waals surface area contributed by atoms with Gasteiger partial charge in [-0.15, -0.1) is 0 Å². The fourth-order valence-corrected chi connectivity index (χ4v) is 1.60. The lowest BCUT2D eigenvalue weighted by atomic mass is 9.96. The molecule has 1 rings (SSSR count). The molecule has 0 radical (unpaired) electrons. The molecule has 0 fully saturated rings. The molecular formula is C11H11ClO4. The van der Waals surface area contributed by atoms with Crippen LogP contribution in [0, 0.1) is 5.92 Å². The molecule has 0 aliphatic heterocycles. The predicted molar refractivity (Wildman–Crippen MR) is 58.5 cm³/mol. The smallest absolute Gasteiger partial charge is 0.307 e. The van der Waals surface area contributed by atoms with Crippen molar-refractivity contribution in [2.75, 3.05) is 0 Å². The molecule has 0 aliphatic rings. The van der Waals surface area contributed by atoms with E-state index >= 15 is 0 Å². The number of halogens is 1. The molecule has 1 atom stereocenters. The zero-order valence-corrected chi connectivity index (χ0v) is 9.15. The van der Waals surface area contributed by atoms with Crippen LogP contribution >= 0.6 is 11.6 Å². The maximum atomic E-state index is 10.8.